The first kappa shape index (κ1) is 178. The summed E-state index contributed by atoms with van der Waals surface area (Å²) < 4.78 is 147. The molecule has 2 saturated carbocycles. The number of rotatable bonds is 21. The Hall–Kier alpha value is -7.63. The number of carbonyl (C=O) groups is 1. The van der Waals surface area contributed by atoms with E-state index in [2.05, 4.69) is 168 Å². The van der Waals surface area contributed by atoms with Crippen LogP contribution in [0.5, 0.6) is 51.7 Å². The van der Waals surface area contributed by atoms with Crippen LogP contribution < -0.4 is 42.0 Å². The minimum atomic E-state index is -1.65. The summed E-state index contributed by atoms with van der Waals surface area (Å²) in [5.41, 5.74) is -0.536. The van der Waals surface area contributed by atoms with E-state index >= 15 is 0 Å². The van der Waals surface area contributed by atoms with Gasteiger partial charge in [-0.05, 0) is 400 Å². The van der Waals surface area contributed by atoms with Crippen LogP contribution in [0.25, 0.3) is 0 Å². The van der Waals surface area contributed by atoms with Gasteiger partial charge in [0.25, 0.3) is 0 Å². The number of hydrogen-bond donors (Lipinski definition) is 0. The molecule has 0 bridgehead atoms. The van der Waals surface area contributed by atoms with E-state index < -0.39 is 28.4 Å². The Kier molecular flexibility index (Phi) is 150. The van der Waals surface area contributed by atoms with Crippen molar-refractivity contribution in [3.05, 3.63) is 273 Å². The second kappa shape index (κ2) is 127. The topological polar surface area (TPSA) is 119 Å². The van der Waals surface area contributed by atoms with Crippen LogP contribution in [0.1, 0.15) is 209 Å². The summed E-state index contributed by atoms with van der Waals surface area (Å²) in [5.74, 6) is 8.18. The molecule has 0 aromatic heterocycles. The fourth-order valence-corrected chi connectivity index (χ4v) is 12.8. The standard InChI is InChI=1S/C13H18O.C12H20OSi.C12H16O.C12H18O.C11H14O3.C11H16O.C10H14O2.C10H14O.C9H14OSi.9CH3F.9CH6Si/c1-13(10-6-3-7-11-13)14-12-8-4-2-5-9-12;1-12(2,3)14(4,5)13-11-9-7-6-8-10-11;1-12(9-5-6-10-12)13-11-7-3-2-4-8-11;1-4-10-12(2,3)13-11-8-6-5-7-9-11;1-11(2,3)14-10(12)13-9-7-5-4-6-8-9;1-4-11(2,3)12-10-8-6-5-7-9-10;1-3-11-9(2)12-10-7-5-4-6-8-10;1-10(2,3)11-9-7-5-4-6-8-9;1-11(2,3)10-9-7-5-4-6-8-9;18*1-2/h2,4-5,8-9H,3,6-7,10-11H2,1H3;6-10H,1-5H3;2-4,7-8H,5-6,9-10H2,1H3;5-9H,4,10H2,1-3H3;4-8H,1-3H3;5-9H,4H2,1-3H3;4-9H,3H2,1-2H3;2*4-8H,1-3H3;9*1H3;9*1-2H3. The van der Waals surface area contributed by atoms with E-state index in [4.69, 9.17) is 51.5 Å². The molecule has 2 fully saturated rings. The fourth-order valence-electron chi connectivity index (χ4n) is 10.9. The van der Waals surface area contributed by atoms with E-state index in [1.807, 2.05) is 283 Å². The second-order valence-corrected chi connectivity index (χ2v) is 43.7. The maximum atomic E-state index is 11.2. The van der Waals surface area contributed by atoms with Crippen molar-refractivity contribution in [2.45, 2.75) is 345 Å². The van der Waals surface area contributed by atoms with Crippen molar-refractivity contribution in [2.24, 2.45) is 0 Å². The number of benzene rings is 9. The lowest BCUT2D eigenvalue weighted by atomic mass is 9.86. The summed E-state index contributed by atoms with van der Waals surface area (Å²) in [6.07, 6.45) is 13.8. The molecule has 0 N–H and O–H groups in total. The van der Waals surface area contributed by atoms with Gasteiger partial charge in [-0.1, -0.05) is 270 Å². The molecule has 0 aliphatic heterocycles. The van der Waals surface area contributed by atoms with Gasteiger partial charge in [0.15, 0.2) is 6.29 Å². The van der Waals surface area contributed by atoms with Crippen molar-refractivity contribution >= 4 is 115 Å². The highest BCUT2D eigenvalue weighted by Gasteiger charge is 2.39. The highest BCUT2D eigenvalue weighted by Crippen LogP contribution is 2.38. The molecule has 2 aliphatic rings. The van der Waals surface area contributed by atoms with Gasteiger partial charge in [0.2, 0.25) is 16.6 Å². The van der Waals surface area contributed by atoms with Gasteiger partial charge in [-0.2, -0.15) is 0 Å². The van der Waals surface area contributed by atoms with Crippen molar-refractivity contribution in [3.63, 3.8) is 0 Å². The molecule has 2 aliphatic carbocycles. The van der Waals surface area contributed by atoms with E-state index in [1.54, 1.807) is 45.0 Å². The summed E-state index contributed by atoms with van der Waals surface area (Å²) in [6.45, 7) is 70.3. The Balaban J connectivity index is -0.0000000926. The number of hydrogen-bond acceptors (Lipinski definition) is 12. The summed E-state index contributed by atoms with van der Waals surface area (Å²) in [6, 6.07) is 88.6. The summed E-state index contributed by atoms with van der Waals surface area (Å²) in [4.78, 5) is 11.2. The average Bonchev–Trinajstić information content (AvgIpc) is 0.992. The van der Waals surface area contributed by atoms with E-state index in [-0.39, 0.29) is 39.3 Å². The Morgan fingerprint density at radius 1 is 0.307 bits per heavy atom. The number of halogens is 9. The summed E-state index contributed by atoms with van der Waals surface area (Å²) in [5, 5.41) is 0.267. The Morgan fingerprint density at radius 3 is 0.767 bits per heavy atom. The van der Waals surface area contributed by atoms with E-state index in [0.717, 1.165) is 65.3 Å². The van der Waals surface area contributed by atoms with Crippen molar-refractivity contribution < 1.29 is 95.8 Å². The zero-order chi connectivity index (χ0) is 121. The quantitative estimate of drug-likeness (QED) is 0.0224. The van der Waals surface area contributed by atoms with Gasteiger partial charge < -0.3 is 51.5 Å². The van der Waals surface area contributed by atoms with Crippen LogP contribution in [0.15, 0.2) is 273 Å². The molecule has 9 aromatic carbocycles. The molecule has 150 heavy (non-hydrogen) atoms. The van der Waals surface area contributed by atoms with E-state index in [9.17, 15) is 44.3 Å². The SMILES string of the molecule is CC(C)(C)OC(=O)Oc1ccccc1.CC(C)(C)Oc1ccccc1.CC(C)(C)[Si](C)(C)Oc1ccccc1.CC1(Oc2ccccc2)CCCC1.CC1(Oc2ccccc2)CCCCC1.CCC(C)(C)Oc1ccccc1.CCCC(C)(C)Oc1ccccc1.CCOC(C)Oc1ccccc1.CF.CF.CF.CF.CF.CF.CF.CF.CF.C[SiH3].C[SiH3].C[SiH3].C[SiH3].C[SiH3].C[SiH3].C[SiH3].C[SiH3].C[SiH3].C[Si](C)(C)Oc1ccccc1. The van der Waals surface area contributed by atoms with Crippen molar-refractivity contribution in [3.8, 4) is 51.7 Å². The van der Waals surface area contributed by atoms with Gasteiger partial charge in [-0.25, -0.2) is 4.79 Å². The molecule has 9 aromatic rings. The van der Waals surface area contributed by atoms with Gasteiger partial charge in [-0.15, -0.1) is 0 Å². The van der Waals surface area contributed by atoms with Gasteiger partial charge in [-0.3, -0.25) is 39.5 Å². The number of para-hydroxylation sites is 9. The van der Waals surface area contributed by atoms with Gasteiger partial charge >= 0.3 is 6.16 Å². The lowest BCUT2D eigenvalue weighted by molar-refractivity contribution is -0.0613. The molecular weight excluding hydrogens is 2090 g/mol. The molecule has 1 atom stereocenters. The van der Waals surface area contributed by atoms with Crippen LogP contribution in [-0.2, 0) is 9.47 Å². The van der Waals surface area contributed by atoms with Crippen LogP contribution >= 0.6 is 0 Å². The third-order valence-electron chi connectivity index (χ3n) is 17.8. The normalized spacial score (nSPS) is 11.2. The molecule has 876 valence electrons. The molecule has 0 radical (unpaired) electrons. The molecular formula is C118H225F9O12Si11. The fraction of sp³-hybridized carbons (Fsp3) is 0.534. The zero-order valence-electron chi connectivity index (χ0n) is 105. The van der Waals surface area contributed by atoms with Crippen LogP contribution in [0.4, 0.5) is 44.3 Å². The molecule has 1 unspecified atom stereocenters. The van der Waals surface area contributed by atoms with Crippen molar-refractivity contribution in [1.82, 2.24) is 0 Å². The molecule has 0 heterocycles. The maximum Gasteiger partial charge on any atom is 0.514 e. The predicted octanol–water partition coefficient (Wildman–Crippen LogP) is 29.2. The summed E-state index contributed by atoms with van der Waals surface area (Å²) >= 11 is 0. The number of carbonyl (C=O) groups excluding carboxylic acids is 1. The molecule has 32 heteroatoms. The highest BCUT2D eigenvalue weighted by atomic mass is 28.4. The van der Waals surface area contributed by atoms with Crippen LogP contribution in [-0.4, -0.2) is 226 Å². The Bertz CT molecular complexity index is 3870. The third-order valence-corrected chi connectivity index (χ3v) is 23.0. The first-order valence-electron chi connectivity index (χ1n) is 53.5. The third kappa shape index (κ3) is 121. The van der Waals surface area contributed by atoms with Crippen LogP contribution in [0.3, 0.4) is 0 Å². The molecule has 11 rings (SSSR count). The first-order chi connectivity index (χ1) is 71.6. The van der Waals surface area contributed by atoms with Crippen molar-refractivity contribution in [1.29, 1.82) is 0 Å². The largest absolute Gasteiger partial charge is 0.544 e. The molecule has 0 amide bonds. The van der Waals surface area contributed by atoms with Crippen molar-refractivity contribution in [2.75, 3.05) is 71.2 Å². The van der Waals surface area contributed by atoms with Gasteiger partial charge in [0.1, 0.15) is 85.4 Å². The molecule has 0 spiro atoms. The Morgan fingerprint density at radius 2 is 0.533 bits per heavy atom. The minimum Gasteiger partial charge on any atom is -0.544 e. The van der Waals surface area contributed by atoms with Gasteiger partial charge in [0, 0.05) is 6.61 Å². The average molecular weight is 2320 g/mol. The second-order valence-electron chi connectivity index (χ2n) is 34.5. The molecule has 12 nitrogen and oxygen atoms in total. The maximum absolute atomic E-state index is 11.2. The highest BCUT2D eigenvalue weighted by molar-refractivity contribution is 6.74. The zero-order valence-corrected chi connectivity index (χ0v) is 125. The van der Waals surface area contributed by atoms with Gasteiger partial charge in [0.05, 0.1) is 64.6 Å². The lowest BCUT2D eigenvalue weighted by Gasteiger charge is -2.36. The smallest absolute Gasteiger partial charge is 0.514 e. The monoisotopic (exact) mass is 2310 g/mol. The van der Waals surface area contributed by atoms with Crippen LogP contribution in [0.2, 0.25) is 96.7 Å². The minimum absolute atomic E-state index is 0.0455. The Labute approximate surface area is 945 Å². The number of alkyl halides is 9. The first-order valence-corrected chi connectivity index (χ1v) is 77.8. The van der Waals surface area contributed by atoms with E-state index in [1.165, 1.54) is 150 Å². The molecule has 0 saturated heterocycles. The predicted molar refractivity (Wildman–Crippen MR) is 688 cm³/mol. The summed E-state index contributed by atoms with van der Waals surface area (Å²) in [7, 11) is 13.2. The lowest BCUT2D eigenvalue weighted by Crippen LogP contribution is -2.43. The van der Waals surface area contributed by atoms with Crippen LogP contribution in [0, 0.1) is 0 Å². The number of ether oxygens (including phenoxy) is 9. The van der Waals surface area contributed by atoms with E-state index in [0.29, 0.717) is 77.0 Å².